The molecule has 0 radical (unpaired) electrons. The Labute approximate surface area is 103 Å². The number of nitrogen functional groups attached to an aromatic ring is 1. The molecule has 0 bridgehead atoms. The van der Waals surface area contributed by atoms with Gasteiger partial charge in [0.05, 0.1) is 11.4 Å². The first kappa shape index (κ1) is 12.2. The van der Waals surface area contributed by atoms with Crippen LogP contribution in [-0.4, -0.2) is 18.3 Å². The third-order valence-corrected chi connectivity index (χ3v) is 3.81. The standard InChI is InChI=1S/C14H22N2O/c1-10-5-6-14(13(15)7-10)16-8-11-3-2-4-12(11)9-17/h5-7,11-12,16-17H,2-4,8-9,15H2,1H3. The highest BCUT2D eigenvalue weighted by atomic mass is 16.3. The summed E-state index contributed by atoms with van der Waals surface area (Å²) in [7, 11) is 0. The summed E-state index contributed by atoms with van der Waals surface area (Å²) in [6.07, 6.45) is 3.61. The van der Waals surface area contributed by atoms with E-state index in [9.17, 15) is 5.11 Å². The minimum Gasteiger partial charge on any atom is -0.397 e. The van der Waals surface area contributed by atoms with Crippen LogP contribution in [0.5, 0.6) is 0 Å². The van der Waals surface area contributed by atoms with Crippen LogP contribution in [0.25, 0.3) is 0 Å². The van der Waals surface area contributed by atoms with E-state index in [-0.39, 0.29) is 0 Å². The van der Waals surface area contributed by atoms with Gasteiger partial charge in [-0.3, -0.25) is 0 Å². The molecular weight excluding hydrogens is 212 g/mol. The normalized spacial score (nSPS) is 23.9. The molecule has 3 heteroatoms. The fourth-order valence-corrected chi connectivity index (χ4v) is 2.71. The van der Waals surface area contributed by atoms with Crippen LogP contribution in [0.15, 0.2) is 18.2 Å². The molecule has 1 aromatic rings. The van der Waals surface area contributed by atoms with Crippen LogP contribution in [0.3, 0.4) is 0 Å². The molecule has 0 aliphatic heterocycles. The van der Waals surface area contributed by atoms with E-state index in [0.717, 1.165) is 24.3 Å². The number of aryl methyl sites for hydroxylation is 1. The number of hydrogen-bond donors (Lipinski definition) is 3. The maximum absolute atomic E-state index is 9.27. The third kappa shape index (κ3) is 2.91. The van der Waals surface area contributed by atoms with Gasteiger partial charge in [-0.05, 0) is 49.3 Å². The number of hydrogen-bond acceptors (Lipinski definition) is 3. The second-order valence-electron chi connectivity index (χ2n) is 5.11. The first-order valence-electron chi connectivity index (χ1n) is 6.41. The van der Waals surface area contributed by atoms with Crippen molar-refractivity contribution in [2.24, 2.45) is 11.8 Å². The van der Waals surface area contributed by atoms with Crippen LogP contribution in [0.4, 0.5) is 11.4 Å². The molecule has 0 amide bonds. The number of benzene rings is 1. The van der Waals surface area contributed by atoms with Crippen molar-refractivity contribution in [1.82, 2.24) is 0 Å². The summed E-state index contributed by atoms with van der Waals surface area (Å²) in [5, 5.41) is 12.7. The monoisotopic (exact) mass is 234 g/mol. The van der Waals surface area contributed by atoms with Crippen LogP contribution < -0.4 is 11.1 Å². The molecule has 3 nitrogen and oxygen atoms in total. The lowest BCUT2D eigenvalue weighted by molar-refractivity contribution is 0.199. The molecule has 1 aliphatic rings. The Balaban J connectivity index is 1.93. The lowest BCUT2D eigenvalue weighted by Crippen LogP contribution is -2.21. The van der Waals surface area contributed by atoms with Crippen molar-refractivity contribution in [3.8, 4) is 0 Å². The first-order chi connectivity index (χ1) is 8.20. The summed E-state index contributed by atoms with van der Waals surface area (Å²) in [5.74, 6) is 1.05. The molecule has 0 saturated heterocycles. The number of rotatable bonds is 4. The molecule has 1 saturated carbocycles. The Morgan fingerprint density at radius 1 is 1.35 bits per heavy atom. The first-order valence-corrected chi connectivity index (χ1v) is 6.41. The summed E-state index contributed by atoms with van der Waals surface area (Å²) in [6, 6.07) is 6.09. The van der Waals surface area contributed by atoms with Gasteiger partial charge >= 0.3 is 0 Å². The van der Waals surface area contributed by atoms with Gasteiger partial charge < -0.3 is 16.2 Å². The van der Waals surface area contributed by atoms with E-state index in [0.29, 0.717) is 18.4 Å². The SMILES string of the molecule is Cc1ccc(NCC2CCCC2CO)c(N)c1. The van der Waals surface area contributed by atoms with Crippen molar-refractivity contribution in [2.75, 3.05) is 24.2 Å². The van der Waals surface area contributed by atoms with E-state index in [4.69, 9.17) is 5.73 Å². The lowest BCUT2D eigenvalue weighted by Gasteiger charge is -2.19. The third-order valence-electron chi connectivity index (χ3n) is 3.81. The summed E-state index contributed by atoms with van der Waals surface area (Å²) in [5.41, 5.74) is 8.97. The zero-order valence-electron chi connectivity index (χ0n) is 10.4. The molecule has 1 aliphatic carbocycles. The quantitative estimate of drug-likeness (QED) is 0.701. The minimum absolute atomic E-state index is 0.315. The van der Waals surface area contributed by atoms with Crippen molar-refractivity contribution in [2.45, 2.75) is 26.2 Å². The Morgan fingerprint density at radius 3 is 2.82 bits per heavy atom. The number of anilines is 2. The predicted molar refractivity (Wildman–Crippen MR) is 72.0 cm³/mol. The average Bonchev–Trinajstić information content (AvgIpc) is 2.75. The topological polar surface area (TPSA) is 58.3 Å². The van der Waals surface area contributed by atoms with E-state index in [1.54, 1.807) is 0 Å². The van der Waals surface area contributed by atoms with Crippen LogP contribution >= 0.6 is 0 Å². The van der Waals surface area contributed by atoms with Crippen molar-refractivity contribution in [3.63, 3.8) is 0 Å². The Hall–Kier alpha value is -1.22. The van der Waals surface area contributed by atoms with E-state index >= 15 is 0 Å². The highest BCUT2D eigenvalue weighted by Gasteiger charge is 2.26. The zero-order valence-corrected chi connectivity index (χ0v) is 10.4. The molecule has 2 atom stereocenters. The van der Waals surface area contributed by atoms with Gasteiger partial charge in [-0.15, -0.1) is 0 Å². The lowest BCUT2D eigenvalue weighted by atomic mass is 9.97. The predicted octanol–water partition coefficient (Wildman–Crippen LogP) is 2.40. The highest BCUT2D eigenvalue weighted by molar-refractivity contribution is 5.66. The number of nitrogens with two attached hydrogens (primary N) is 1. The van der Waals surface area contributed by atoms with Gasteiger partial charge in [0.25, 0.3) is 0 Å². The summed E-state index contributed by atoms with van der Waals surface area (Å²) in [6.45, 7) is 3.27. The molecule has 0 spiro atoms. The molecule has 0 heterocycles. The summed E-state index contributed by atoms with van der Waals surface area (Å²) in [4.78, 5) is 0. The van der Waals surface area contributed by atoms with Gasteiger partial charge in [0.15, 0.2) is 0 Å². The second kappa shape index (κ2) is 5.41. The van der Waals surface area contributed by atoms with Crippen LogP contribution in [0, 0.1) is 18.8 Å². The second-order valence-corrected chi connectivity index (χ2v) is 5.11. The van der Waals surface area contributed by atoms with Crippen LogP contribution in [-0.2, 0) is 0 Å². The van der Waals surface area contributed by atoms with Crippen molar-refractivity contribution < 1.29 is 5.11 Å². The molecule has 0 aromatic heterocycles. The molecular formula is C14H22N2O. The molecule has 17 heavy (non-hydrogen) atoms. The van der Waals surface area contributed by atoms with Crippen molar-refractivity contribution >= 4 is 11.4 Å². The maximum atomic E-state index is 9.27. The molecule has 94 valence electrons. The molecule has 4 N–H and O–H groups in total. The van der Waals surface area contributed by atoms with Gasteiger partial charge in [0, 0.05) is 13.2 Å². The Kier molecular flexibility index (Phi) is 3.89. The van der Waals surface area contributed by atoms with E-state index < -0.39 is 0 Å². The van der Waals surface area contributed by atoms with Crippen molar-refractivity contribution in [3.05, 3.63) is 23.8 Å². The van der Waals surface area contributed by atoms with Gasteiger partial charge in [0.2, 0.25) is 0 Å². The Bertz CT molecular complexity index is 378. The van der Waals surface area contributed by atoms with Crippen molar-refractivity contribution in [1.29, 1.82) is 0 Å². The molecule has 2 unspecified atom stereocenters. The van der Waals surface area contributed by atoms with Gasteiger partial charge in [-0.1, -0.05) is 12.5 Å². The van der Waals surface area contributed by atoms with Gasteiger partial charge in [0.1, 0.15) is 0 Å². The highest BCUT2D eigenvalue weighted by Crippen LogP contribution is 2.32. The van der Waals surface area contributed by atoms with E-state index in [1.165, 1.54) is 18.4 Å². The fraction of sp³-hybridized carbons (Fsp3) is 0.571. The molecule has 1 fully saturated rings. The van der Waals surface area contributed by atoms with Gasteiger partial charge in [-0.2, -0.15) is 0 Å². The number of aliphatic hydroxyl groups excluding tert-OH is 1. The Morgan fingerprint density at radius 2 is 2.12 bits per heavy atom. The minimum atomic E-state index is 0.315. The molecule has 1 aromatic carbocycles. The zero-order chi connectivity index (χ0) is 12.3. The molecule has 2 rings (SSSR count). The van der Waals surface area contributed by atoms with E-state index in [1.807, 2.05) is 19.1 Å². The largest absolute Gasteiger partial charge is 0.397 e. The summed E-state index contributed by atoms with van der Waals surface area (Å²) >= 11 is 0. The number of aliphatic hydroxyl groups is 1. The average molecular weight is 234 g/mol. The summed E-state index contributed by atoms with van der Waals surface area (Å²) < 4.78 is 0. The van der Waals surface area contributed by atoms with Crippen LogP contribution in [0.2, 0.25) is 0 Å². The van der Waals surface area contributed by atoms with E-state index in [2.05, 4.69) is 11.4 Å². The maximum Gasteiger partial charge on any atom is 0.0574 e. The fourth-order valence-electron chi connectivity index (χ4n) is 2.71. The van der Waals surface area contributed by atoms with Crippen LogP contribution in [0.1, 0.15) is 24.8 Å². The smallest absolute Gasteiger partial charge is 0.0574 e. The van der Waals surface area contributed by atoms with Gasteiger partial charge in [-0.25, -0.2) is 0 Å². The number of nitrogens with one attached hydrogen (secondary N) is 1.